The molecule has 1 saturated carbocycles. The maximum absolute atomic E-state index is 13.5. The lowest BCUT2D eigenvalue weighted by Crippen LogP contribution is -2.42. The van der Waals surface area contributed by atoms with E-state index in [4.69, 9.17) is 4.52 Å². The highest BCUT2D eigenvalue weighted by Gasteiger charge is 2.44. The number of hydrogen-bond donors (Lipinski definition) is 1. The minimum atomic E-state index is -0.179. The first-order chi connectivity index (χ1) is 11.1. The van der Waals surface area contributed by atoms with Crippen LogP contribution in [0.3, 0.4) is 0 Å². The Balaban J connectivity index is 0.00000208. The normalized spacial score (nSPS) is 15.5. The number of halogens is 2. The van der Waals surface area contributed by atoms with Crippen LogP contribution < -0.4 is 5.32 Å². The number of aliphatic imine (C=N–C) groups is 1. The van der Waals surface area contributed by atoms with Crippen LogP contribution in [0.25, 0.3) is 0 Å². The van der Waals surface area contributed by atoms with Crippen LogP contribution in [0.4, 0.5) is 4.39 Å². The molecule has 24 heavy (non-hydrogen) atoms. The fraction of sp³-hybridized carbons (Fsp3) is 0.412. The lowest BCUT2D eigenvalue weighted by Gasteiger charge is -2.24. The Morgan fingerprint density at radius 2 is 2.21 bits per heavy atom. The van der Waals surface area contributed by atoms with Gasteiger partial charge in [-0.2, -0.15) is 0 Å². The van der Waals surface area contributed by atoms with Crippen molar-refractivity contribution in [2.24, 2.45) is 4.99 Å². The van der Waals surface area contributed by atoms with Gasteiger partial charge in [0.25, 0.3) is 0 Å². The summed E-state index contributed by atoms with van der Waals surface area (Å²) in [5, 5.41) is 7.31. The molecule has 0 spiro atoms. The Bertz CT molecular complexity index is 686. The SMILES string of the molecule is CN=C(NCC1(c2cccc(F)c2)CC1)N(C)Cc1ccon1.I. The van der Waals surface area contributed by atoms with Gasteiger partial charge in [0.2, 0.25) is 0 Å². The molecule has 0 aliphatic heterocycles. The van der Waals surface area contributed by atoms with Crippen molar-refractivity contribution in [3.05, 3.63) is 53.7 Å². The fourth-order valence-corrected chi connectivity index (χ4v) is 2.81. The van der Waals surface area contributed by atoms with Crippen molar-refractivity contribution in [1.82, 2.24) is 15.4 Å². The molecule has 1 aliphatic rings. The van der Waals surface area contributed by atoms with E-state index in [0.717, 1.165) is 36.6 Å². The molecular weight excluding hydrogens is 422 g/mol. The van der Waals surface area contributed by atoms with E-state index in [1.54, 1.807) is 25.4 Å². The van der Waals surface area contributed by atoms with Gasteiger partial charge in [0.1, 0.15) is 17.8 Å². The third-order valence-electron chi connectivity index (χ3n) is 4.34. The Hall–Kier alpha value is -1.64. The summed E-state index contributed by atoms with van der Waals surface area (Å²) in [6.07, 6.45) is 3.68. The Morgan fingerprint density at radius 3 is 2.79 bits per heavy atom. The van der Waals surface area contributed by atoms with E-state index in [1.807, 2.05) is 24.1 Å². The Labute approximate surface area is 158 Å². The molecule has 3 rings (SSSR count). The van der Waals surface area contributed by atoms with Gasteiger partial charge < -0.3 is 14.7 Å². The lowest BCUT2D eigenvalue weighted by atomic mass is 9.96. The van der Waals surface area contributed by atoms with Crippen LogP contribution >= 0.6 is 24.0 Å². The second-order valence-corrected chi connectivity index (χ2v) is 6.04. The smallest absolute Gasteiger partial charge is 0.193 e. The van der Waals surface area contributed by atoms with E-state index < -0.39 is 0 Å². The first kappa shape index (κ1) is 18.7. The lowest BCUT2D eigenvalue weighted by molar-refractivity contribution is 0.390. The molecule has 7 heteroatoms. The van der Waals surface area contributed by atoms with Gasteiger partial charge in [-0.15, -0.1) is 24.0 Å². The van der Waals surface area contributed by atoms with Crippen molar-refractivity contribution in [2.75, 3.05) is 20.6 Å². The summed E-state index contributed by atoms with van der Waals surface area (Å²) in [6, 6.07) is 8.73. The molecule has 1 fully saturated rings. The van der Waals surface area contributed by atoms with Crippen molar-refractivity contribution in [1.29, 1.82) is 0 Å². The second-order valence-electron chi connectivity index (χ2n) is 6.04. The van der Waals surface area contributed by atoms with Gasteiger partial charge in [0.05, 0.1) is 6.54 Å². The van der Waals surface area contributed by atoms with Crippen LogP contribution in [-0.2, 0) is 12.0 Å². The number of hydrogen-bond acceptors (Lipinski definition) is 3. The highest BCUT2D eigenvalue weighted by atomic mass is 127. The third kappa shape index (κ3) is 4.25. The molecule has 1 aliphatic carbocycles. The summed E-state index contributed by atoms with van der Waals surface area (Å²) >= 11 is 0. The number of rotatable bonds is 5. The molecule has 1 heterocycles. The van der Waals surface area contributed by atoms with Crippen LogP contribution in [0.2, 0.25) is 0 Å². The van der Waals surface area contributed by atoms with Crippen LogP contribution in [0.5, 0.6) is 0 Å². The standard InChI is InChI=1S/C17H21FN4O.HI/c1-19-16(22(2)11-15-6-9-23-21-15)20-12-17(7-8-17)13-4-3-5-14(18)10-13;/h3-6,9-10H,7-8,11-12H2,1-2H3,(H,19,20);1H. The summed E-state index contributed by atoms with van der Waals surface area (Å²) in [7, 11) is 3.70. The third-order valence-corrected chi connectivity index (χ3v) is 4.34. The van der Waals surface area contributed by atoms with E-state index >= 15 is 0 Å². The van der Waals surface area contributed by atoms with Crippen LogP contribution in [0.1, 0.15) is 24.1 Å². The summed E-state index contributed by atoms with van der Waals surface area (Å²) in [5.74, 6) is 0.608. The fourth-order valence-electron chi connectivity index (χ4n) is 2.81. The molecule has 5 nitrogen and oxygen atoms in total. The number of nitrogens with one attached hydrogen (secondary N) is 1. The molecule has 1 aromatic heterocycles. The molecular formula is C17H22FIN4O. The topological polar surface area (TPSA) is 53.7 Å². The first-order valence-corrected chi connectivity index (χ1v) is 7.70. The number of nitrogens with zero attached hydrogens (tertiary/aromatic N) is 3. The quantitative estimate of drug-likeness (QED) is 0.438. The van der Waals surface area contributed by atoms with Crippen molar-refractivity contribution in [3.8, 4) is 0 Å². The van der Waals surface area contributed by atoms with Gasteiger partial charge >= 0.3 is 0 Å². The number of benzene rings is 1. The predicted molar refractivity (Wildman–Crippen MR) is 102 cm³/mol. The Morgan fingerprint density at radius 1 is 1.42 bits per heavy atom. The van der Waals surface area contributed by atoms with E-state index in [1.165, 1.54) is 6.07 Å². The van der Waals surface area contributed by atoms with Crippen LogP contribution in [-0.4, -0.2) is 36.7 Å². The summed E-state index contributed by atoms with van der Waals surface area (Å²) in [6.45, 7) is 1.36. The summed E-state index contributed by atoms with van der Waals surface area (Å²) in [4.78, 5) is 6.30. The monoisotopic (exact) mass is 444 g/mol. The van der Waals surface area contributed by atoms with Gasteiger partial charge in [0.15, 0.2) is 5.96 Å². The maximum Gasteiger partial charge on any atom is 0.193 e. The minimum absolute atomic E-state index is 0. The first-order valence-electron chi connectivity index (χ1n) is 7.70. The Kier molecular flexibility index (Phi) is 6.20. The molecule has 2 aromatic rings. The van der Waals surface area contributed by atoms with E-state index in [0.29, 0.717) is 6.54 Å². The van der Waals surface area contributed by atoms with Crippen molar-refractivity contribution in [3.63, 3.8) is 0 Å². The van der Waals surface area contributed by atoms with Crippen molar-refractivity contribution in [2.45, 2.75) is 24.8 Å². The molecule has 0 bridgehead atoms. The van der Waals surface area contributed by atoms with Gasteiger partial charge in [-0.3, -0.25) is 4.99 Å². The highest BCUT2D eigenvalue weighted by Crippen LogP contribution is 2.47. The van der Waals surface area contributed by atoms with Crippen molar-refractivity contribution < 1.29 is 8.91 Å². The van der Waals surface area contributed by atoms with Gasteiger partial charge in [-0.25, -0.2) is 4.39 Å². The maximum atomic E-state index is 13.5. The van der Waals surface area contributed by atoms with Crippen LogP contribution in [0.15, 0.2) is 46.1 Å². The zero-order valence-electron chi connectivity index (χ0n) is 13.8. The van der Waals surface area contributed by atoms with Crippen LogP contribution in [0, 0.1) is 5.82 Å². The van der Waals surface area contributed by atoms with E-state index in [2.05, 4.69) is 15.5 Å². The second kappa shape index (κ2) is 7.96. The average molecular weight is 444 g/mol. The van der Waals surface area contributed by atoms with Gasteiger partial charge in [-0.05, 0) is 30.5 Å². The minimum Gasteiger partial charge on any atom is -0.364 e. The molecule has 0 saturated heterocycles. The average Bonchev–Trinajstić information content (AvgIpc) is 3.16. The highest BCUT2D eigenvalue weighted by molar-refractivity contribution is 14.0. The molecule has 1 aromatic carbocycles. The van der Waals surface area contributed by atoms with E-state index in [-0.39, 0.29) is 35.2 Å². The summed E-state index contributed by atoms with van der Waals surface area (Å²) in [5.41, 5.74) is 1.92. The molecule has 130 valence electrons. The zero-order chi connectivity index (χ0) is 16.3. The van der Waals surface area contributed by atoms with E-state index in [9.17, 15) is 4.39 Å². The molecule has 0 radical (unpaired) electrons. The van der Waals surface area contributed by atoms with Crippen molar-refractivity contribution >= 4 is 29.9 Å². The largest absolute Gasteiger partial charge is 0.364 e. The predicted octanol–water partition coefficient (Wildman–Crippen LogP) is 3.17. The van der Waals surface area contributed by atoms with Gasteiger partial charge in [0, 0.05) is 32.1 Å². The number of guanidine groups is 1. The number of aromatic nitrogens is 1. The molecule has 0 atom stereocenters. The molecule has 0 unspecified atom stereocenters. The zero-order valence-corrected chi connectivity index (χ0v) is 16.2. The molecule has 0 amide bonds. The van der Waals surface area contributed by atoms with Gasteiger partial charge in [-0.1, -0.05) is 17.3 Å². The molecule has 1 N–H and O–H groups in total. The summed E-state index contributed by atoms with van der Waals surface area (Å²) < 4.78 is 18.3.